The molecule has 0 aliphatic rings. The fraction of sp³-hybridized carbons (Fsp3) is 0. The van der Waals surface area contributed by atoms with Crippen LogP contribution in [0.1, 0.15) is 0 Å². The van der Waals surface area contributed by atoms with Crippen LogP contribution in [-0.2, 0) is 27.2 Å². The second-order valence-corrected chi connectivity index (χ2v) is 1.45. The number of rotatable bonds is 0. The second-order valence-electron chi connectivity index (χ2n) is 0.632. The zero-order valence-electron chi connectivity index (χ0n) is 5.05. The van der Waals surface area contributed by atoms with E-state index in [4.69, 9.17) is 32.8 Å². The molecular weight excluding hydrogens is 240 g/mol. The summed E-state index contributed by atoms with van der Waals surface area (Å²) in [5.74, 6) is 0. The SMILES string of the molecule is O=S(=O)([O-])[O-].O=[N+]([O-])[O-].[Co+2].[Na+]. The van der Waals surface area contributed by atoms with E-state index in [2.05, 4.69) is 0 Å². The van der Waals surface area contributed by atoms with Gasteiger partial charge in [0, 0.05) is 10.4 Å². The first-order chi connectivity index (χ1) is 3.73. The molecule has 0 N–H and O–H groups in total. The van der Waals surface area contributed by atoms with E-state index in [1.165, 1.54) is 0 Å². The fourth-order valence-electron chi connectivity index (χ4n) is 0. The molecule has 0 spiro atoms. The topological polar surface area (TPSA) is 146 Å². The Bertz CT molecular complexity index is 161. The Hall–Kier alpha value is 0.576. The van der Waals surface area contributed by atoms with Crippen LogP contribution in [0.25, 0.3) is 0 Å². The summed E-state index contributed by atoms with van der Waals surface area (Å²) in [7, 11) is -5.17. The minimum absolute atomic E-state index is 0. The van der Waals surface area contributed by atoms with Gasteiger partial charge in [-0.25, -0.2) is 0 Å². The van der Waals surface area contributed by atoms with Gasteiger partial charge >= 0.3 is 46.3 Å². The normalized spacial score (nSPS) is 7.45. The largest absolute Gasteiger partial charge is 2.00 e. The Morgan fingerprint density at radius 3 is 1.09 bits per heavy atom. The van der Waals surface area contributed by atoms with Gasteiger partial charge in [0.2, 0.25) is 0 Å². The number of hydrogen-bond acceptors (Lipinski definition) is 7. The van der Waals surface area contributed by atoms with E-state index in [9.17, 15) is 0 Å². The predicted octanol–water partition coefficient (Wildman–Crippen LogP) is -4.58. The third-order valence-corrected chi connectivity index (χ3v) is 0. The van der Waals surface area contributed by atoms with Crippen molar-refractivity contribution in [3.63, 3.8) is 0 Å². The van der Waals surface area contributed by atoms with Crippen molar-refractivity contribution >= 4 is 10.4 Å². The first-order valence-corrected chi connectivity index (χ1v) is 2.55. The Morgan fingerprint density at radius 1 is 1.09 bits per heavy atom. The molecule has 0 aromatic rings. The van der Waals surface area contributed by atoms with Crippen LogP contribution in [0.2, 0.25) is 0 Å². The van der Waals surface area contributed by atoms with E-state index < -0.39 is 15.5 Å². The van der Waals surface area contributed by atoms with Gasteiger partial charge in [0.15, 0.2) is 0 Å². The molecule has 0 aliphatic heterocycles. The molecule has 0 atom stereocenters. The summed E-state index contributed by atoms with van der Waals surface area (Å²) in [4.78, 5) is 8.25. The molecule has 0 fully saturated rings. The van der Waals surface area contributed by atoms with Gasteiger partial charge < -0.3 is 24.4 Å². The van der Waals surface area contributed by atoms with E-state index >= 15 is 0 Å². The van der Waals surface area contributed by atoms with Crippen LogP contribution in [0.3, 0.4) is 0 Å². The van der Waals surface area contributed by atoms with Gasteiger partial charge in [-0.1, -0.05) is 0 Å². The van der Waals surface area contributed by atoms with Crippen LogP contribution in [-0.4, -0.2) is 22.6 Å². The van der Waals surface area contributed by atoms with Crippen molar-refractivity contribution in [2.45, 2.75) is 0 Å². The molecule has 0 aromatic heterocycles. The maximum Gasteiger partial charge on any atom is 2.00 e. The van der Waals surface area contributed by atoms with Crippen LogP contribution in [0.15, 0.2) is 0 Å². The third kappa shape index (κ3) is 2340. The summed E-state index contributed by atoms with van der Waals surface area (Å²) < 4.78 is 34.1. The summed E-state index contributed by atoms with van der Waals surface area (Å²) in [6.45, 7) is 0. The van der Waals surface area contributed by atoms with Crippen molar-refractivity contribution in [2.75, 3.05) is 0 Å². The molecule has 0 bridgehead atoms. The summed E-state index contributed by atoms with van der Waals surface area (Å²) in [5, 5.41) is 14.8. The van der Waals surface area contributed by atoms with E-state index in [0.717, 1.165) is 0 Å². The molecule has 0 heterocycles. The van der Waals surface area contributed by atoms with Crippen LogP contribution >= 0.6 is 0 Å². The quantitative estimate of drug-likeness (QED) is 0.136. The van der Waals surface area contributed by atoms with Gasteiger partial charge in [-0.15, -0.1) is 0 Å². The van der Waals surface area contributed by atoms with E-state index in [0.29, 0.717) is 0 Å². The van der Waals surface area contributed by atoms with Crippen LogP contribution in [0.4, 0.5) is 0 Å². The first-order valence-electron chi connectivity index (χ1n) is 1.21. The van der Waals surface area contributed by atoms with Gasteiger partial charge in [0.05, 0.1) is 5.09 Å². The Morgan fingerprint density at radius 2 is 1.09 bits per heavy atom. The molecule has 63 valence electrons. The van der Waals surface area contributed by atoms with Gasteiger partial charge in [0.1, 0.15) is 0 Å². The van der Waals surface area contributed by atoms with E-state index in [1.54, 1.807) is 0 Å². The van der Waals surface area contributed by atoms with Crippen molar-refractivity contribution in [3.8, 4) is 0 Å². The van der Waals surface area contributed by atoms with Crippen molar-refractivity contribution in [1.82, 2.24) is 0 Å². The predicted molar refractivity (Wildman–Crippen MR) is 20.8 cm³/mol. The van der Waals surface area contributed by atoms with Crippen LogP contribution in [0.5, 0.6) is 0 Å². The fourth-order valence-corrected chi connectivity index (χ4v) is 0. The summed E-state index contributed by atoms with van der Waals surface area (Å²) >= 11 is 0. The monoisotopic (exact) mass is 240 g/mol. The molecule has 0 saturated carbocycles. The minimum atomic E-state index is -5.17. The molecule has 0 rings (SSSR count). The minimum Gasteiger partial charge on any atom is -0.759 e. The van der Waals surface area contributed by atoms with Crippen molar-refractivity contribution in [3.05, 3.63) is 15.3 Å². The molecule has 8 nitrogen and oxygen atoms in total. The molecule has 0 unspecified atom stereocenters. The van der Waals surface area contributed by atoms with Gasteiger partial charge in [-0.2, -0.15) is 0 Å². The Balaban J connectivity index is -0.0000000383. The second kappa shape index (κ2) is 10.6. The Labute approximate surface area is 94.1 Å². The molecule has 1 radical (unpaired) electrons. The molecule has 0 saturated heterocycles. The van der Waals surface area contributed by atoms with Gasteiger partial charge in [-0.05, 0) is 0 Å². The number of nitrogens with zero attached hydrogens (tertiary/aromatic N) is 1. The van der Waals surface area contributed by atoms with Crippen LogP contribution in [0, 0.1) is 15.3 Å². The summed E-state index contributed by atoms with van der Waals surface area (Å²) in [6, 6.07) is 0. The average Bonchev–Trinajstić information content (AvgIpc) is 1.19. The molecule has 0 aliphatic carbocycles. The zero-order chi connectivity index (χ0) is 8.08. The smallest absolute Gasteiger partial charge is 0.759 e. The van der Waals surface area contributed by atoms with Crippen molar-refractivity contribution < 1.29 is 68.9 Å². The number of hydrogen-bond donors (Lipinski definition) is 0. The van der Waals surface area contributed by atoms with Gasteiger partial charge in [-0.3, -0.25) is 8.42 Å². The molecular formula is CoNNaO7S. The first kappa shape index (κ1) is 22.6. The molecule has 0 amide bonds. The van der Waals surface area contributed by atoms with Crippen LogP contribution < -0.4 is 29.6 Å². The van der Waals surface area contributed by atoms with Crippen molar-refractivity contribution in [1.29, 1.82) is 0 Å². The summed E-state index contributed by atoms with van der Waals surface area (Å²) in [5.41, 5.74) is 0. The van der Waals surface area contributed by atoms with E-state index in [-0.39, 0.29) is 46.3 Å². The zero-order valence-corrected chi connectivity index (χ0v) is 8.90. The molecule has 11 heavy (non-hydrogen) atoms. The molecule has 11 heteroatoms. The van der Waals surface area contributed by atoms with Gasteiger partial charge in [0.25, 0.3) is 0 Å². The maximum atomic E-state index is 8.52. The molecule has 0 aromatic carbocycles. The average molecular weight is 240 g/mol. The van der Waals surface area contributed by atoms with E-state index in [1.807, 2.05) is 0 Å². The van der Waals surface area contributed by atoms with Crippen molar-refractivity contribution in [2.24, 2.45) is 0 Å². The maximum absolute atomic E-state index is 8.52. The Kier molecular flexibility index (Phi) is 21.7. The standard InChI is InChI=1S/Co.NO3.Na.H2O4S/c;2-1(3)4;;1-5(2,3)4/h;;;(H2,1,2,3,4)/q+2;-1;+1;/p-2. The summed E-state index contributed by atoms with van der Waals surface area (Å²) in [6.07, 6.45) is 0. The third-order valence-electron chi connectivity index (χ3n) is 0.